The van der Waals surface area contributed by atoms with Crippen molar-refractivity contribution in [1.29, 1.82) is 5.26 Å². The number of alkyl halides is 3. The quantitative estimate of drug-likeness (QED) is 0.928. The summed E-state index contributed by atoms with van der Waals surface area (Å²) in [6.07, 6.45) is -4.76. The van der Waals surface area contributed by atoms with Crippen LogP contribution in [0.1, 0.15) is 21.5 Å². The van der Waals surface area contributed by atoms with E-state index < -0.39 is 29.0 Å². The van der Waals surface area contributed by atoms with E-state index in [1.807, 2.05) is 6.07 Å². The number of nitriles is 1. The van der Waals surface area contributed by atoms with Crippen LogP contribution in [0, 0.1) is 11.3 Å². The minimum absolute atomic E-state index is 0.104. The highest BCUT2D eigenvalue weighted by molar-refractivity contribution is 5.88. The molecule has 0 heterocycles. The van der Waals surface area contributed by atoms with E-state index in [4.69, 9.17) is 15.1 Å². The Morgan fingerprint density at radius 3 is 2.27 bits per heavy atom. The lowest BCUT2D eigenvalue weighted by Crippen LogP contribution is -2.09. The Kier molecular flexibility index (Phi) is 4.04. The van der Waals surface area contributed by atoms with Gasteiger partial charge in [0.1, 0.15) is 11.5 Å². The van der Waals surface area contributed by atoms with Crippen molar-refractivity contribution in [2.45, 2.75) is 6.18 Å². The number of hydrogen-bond acceptors (Lipinski definition) is 3. The summed E-state index contributed by atoms with van der Waals surface area (Å²) in [6.45, 7) is 0. The first-order chi connectivity index (χ1) is 10.3. The smallest absolute Gasteiger partial charge is 0.420 e. The summed E-state index contributed by atoms with van der Waals surface area (Å²) in [6, 6.07) is 9.86. The highest BCUT2D eigenvalue weighted by atomic mass is 19.4. The normalized spacial score (nSPS) is 10.8. The number of carbonyl (C=O) groups is 1. The maximum absolute atomic E-state index is 13.0. The molecule has 0 aliphatic heterocycles. The Hall–Kier alpha value is -3.01. The Morgan fingerprint density at radius 1 is 1.14 bits per heavy atom. The molecule has 22 heavy (non-hydrogen) atoms. The van der Waals surface area contributed by atoms with Crippen molar-refractivity contribution in [3.63, 3.8) is 0 Å². The van der Waals surface area contributed by atoms with E-state index in [0.717, 1.165) is 12.1 Å². The van der Waals surface area contributed by atoms with E-state index in [9.17, 15) is 18.0 Å². The lowest BCUT2D eigenvalue weighted by Gasteiger charge is -2.14. The van der Waals surface area contributed by atoms with Crippen molar-refractivity contribution in [2.75, 3.05) is 0 Å². The second-order valence-electron chi connectivity index (χ2n) is 4.25. The number of aromatic carboxylic acids is 1. The number of ether oxygens (including phenoxy) is 1. The van der Waals surface area contributed by atoms with Crippen LogP contribution in [0.15, 0.2) is 42.5 Å². The summed E-state index contributed by atoms with van der Waals surface area (Å²) in [7, 11) is 0. The molecule has 0 unspecified atom stereocenters. The molecule has 0 spiro atoms. The van der Waals surface area contributed by atoms with E-state index in [0.29, 0.717) is 11.6 Å². The van der Waals surface area contributed by atoms with E-state index in [-0.39, 0.29) is 5.75 Å². The fourth-order valence-electron chi connectivity index (χ4n) is 1.70. The van der Waals surface area contributed by atoms with Gasteiger partial charge in [-0.3, -0.25) is 0 Å². The highest BCUT2D eigenvalue weighted by Gasteiger charge is 2.35. The van der Waals surface area contributed by atoms with Crippen molar-refractivity contribution in [3.8, 4) is 17.6 Å². The average molecular weight is 307 g/mol. The lowest BCUT2D eigenvalue weighted by atomic mass is 10.1. The number of carboxylic acid groups (broad SMARTS) is 1. The number of nitrogens with zero attached hydrogens (tertiary/aromatic N) is 1. The number of hydrogen-bond donors (Lipinski definition) is 1. The van der Waals surface area contributed by atoms with Crippen molar-refractivity contribution in [1.82, 2.24) is 0 Å². The van der Waals surface area contributed by atoms with Crippen LogP contribution in [-0.4, -0.2) is 11.1 Å². The summed E-state index contributed by atoms with van der Waals surface area (Å²) in [4.78, 5) is 10.8. The summed E-state index contributed by atoms with van der Waals surface area (Å²) in [5.41, 5.74) is -1.33. The first-order valence-electron chi connectivity index (χ1n) is 5.94. The molecule has 2 rings (SSSR count). The minimum atomic E-state index is -4.76. The Morgan fingerprint density at radius 2 is 1.77 bits per heavy atom. The first kappa shape index (κ1) is 15.4. The van der Waals surface area contributed by atoms with Gasteiger partial charge in [0.15, 0.2) is 0 Å². The molecular weight excluding hydrogens is 299 g/mol. The van der Waals surface area contributed by atoms with Gasteiger partial charge in [-0.15, -0.1) is 0 Å². The van der Waals surface area contributed by atoms with Crippen LogP contribution in [0.4, 0.5) is 13.2 Å². The number of benzene rings is 2. The second-order valence-corrected chi connectivity index (χ2v) is 4.25. The van der Waals surface area contributed by atoms with Gasteiger partial charge in [0.05, 0.1) is 22.8 Å². The molecule has 0 radical (unpaired) electrons. The lowest BCUT2D eigenvalue weighted by molar-refractivity contribution is -0.138. The van der Waals surface area contributed by atoms with Crippen LogP contribution in [0.2, 0.25) is 0 Å². The van der Waals surface area contributed by atoms with Gasteiger partial charge in [0.25, 0.3) is 0 Å². The summed E-state index contributed by atoms with van der Waals surface area (Å²) >= 11 is 0. The molecule has 0 saturated carbocycles. The van der Waals surface area contributed by atoms with Crippen LogP contribution in [0.25, 0.3) is 0 Å². The average Bonchev–Trinajstić information content (AvgIpc) is 2.47. The van der Waals surface area contributed by atoms with Gasteiger partial charge >= 0.3 is 12.1 Å². The monoisotopic (exact) mass is 307 g/mol. The van der Waals surface area contributed by atoms with Crippen LogP contribution in [0.3, 0.4) is 0 Å². The Balaban J connectivity index is 2.41. The third kappa shape index (κ3) is 3.35. The summed E-state index contributed by atoms with van der Waals surface area (Å²) < 4.78 is 44.1. The zero-order valence-electron chi connectivity index (χ0n) is 10.9. The molecule has 4 nitrogen and oxygen atoms in total. The van der Waals surface area contributed by atoms with Crippen LogP contribution < -0.4 is 4.74 Å². The molecule has 0 saturated heterocycles. The van der Waals surface area contributed by atoms with Crippen LogP contribution in [0.5, 0.6) is 11.5 Å². The van der Waals surface area contributed by atoms with Gasteiger partial charge in [-0.2, -0.15) is 18.4 Å². The van der Waals surface area contributed by atoms with E-state index in [1.54, 1.807) is 0 Å². The fraction of sp³-hybridized carbons (Fsp3) is 0.0667. The van der Waals surface area contributed by atoms with Gasteiger partial charge in [-0.25, -0.2) is 4.79 Å². The molecule has 0 amide bonds. The minimum Gasteiger partial charge on any atom is -0.478 e. The predicted molar refractivity (Wildman–Crippen MR) is 69.6 cm³/mol. The zero-order valence-corrected chi connectivity index (χ0v) is 10.9. The van der Waals surface area contributed by atoms with E-state index in [1.165, 1.54) is 24.3 Å². The number of halogens is 3. The molecule has 112 valence electrons. The topological polar surface area (TPSA) is 70.3 Å². The van der Waals surface area contributed by atoms with Gasteiger partial charge in [-0.1, -0.05) is 0 Å². The Labute approximate surface area is 123 Å². The molecule has 0 bridgehead atoms. The molecule has 0 atom stereocenters. The molecule has 0 fully saturated rings. The van der Waals surface area contributed by atoms with Crippen LogP contribution >= 0.6 is 0 Å². The molecule has 2 aromatic carbocycles. The van der Waals surface area contributed by atoms with Crippen molar-refractivity contribution in [3.05, 3.63) is 59.2 Å². The Bertz CT molecular complexity index is 746. The van der Waals surface area contributed by atoms with Crippen LogP contribution in [-0.2, 0) is 6.18 Å². The van der Waals surface area contributed by atoms with Crippen molar-refractivity contribution < 1.29 is 27.8 Å². The summed E-state index contributed by atoms with van der Waals surface area (Å²) in [5, 5.41) is 17.4. The standard InChI is InChI=1S/C15H8F3NO3/c16-15(17,18)12-7-10(14(20)21)3-6-13(12)22-11-4-1-9(8-19)2-5-11/h1-7H,(H,20,21). The summed E-state index contributed by atoms with van der Waals surface area (Å²) in [5.74, 6) is -1.87. The maximum atomic E-state index is 13.0. The number of rotatable bonds is 3. The zero-order chi connectivity index (χ0) is 16.3. The molecule has 1 N–H and O–H groups in total. The second kappa shape index (κ2) is 5.77. The van der Waals surface area contributed by atoms with E-state index >= 15 is 0 Å². The largest absolute Gasteiger partial charge is 0.478 e. The molecule has 7 heteroatoms. The molecule has 0 aliphatic rings. The fourth-order valence-corrected chi connectivity index (χ4v) is 1.70. The van der Waals surface area contributed by atoms with Gasteiger partial charge in [0, 0.05) is 0 Å². The molecule has 0 aromatic heterocycles. The molecule has 0 aliphatic carbocycles. The maximum Gasteiger partial charge on any atom is 0.420 e. The highest BCUT2D eigenvalue weighted by Crippen LogP contribution is 2.38. The third-order valence-corrected chi connectivity index (χ3v) is 2.74. The third-order valence-electron chi connectivity index (χ3n) is 2.74. The van der Waals surface area contributed by atoms with Crippen molar-refractivity contribution in [2.24, 2.45) is 0 Å². The number of carboxylic acids is 1. The van der Waals surface area contributed by atoms with Gasteiger partial charge in [0.2, 0.25) is 0 Å². The first-order valence-corrected chi connectivity index (χ1v) is 5.94. The van der Waals surface area contributed by atoms with Crippen molar-refractivity contribution >= 4 is 5.97 Å². The van der Waals surface area contributed by atoms with Gasteiger partial charge in [-0.05, 0) is 42.5 Å². The SMILES string of the molecule is N#Cc1ccc(Oc2ccc(C(=O)O)cc2C(F)(F)F)cc1. The molecular formula is C15H8F3NO3. The predicted octanol–water partition coefficient (Wildman–Crippen LogP) is 4.07. The van der Waals surface area contributed by atoms with Gasteiger partial charge < -0.3 is 9.84 Å². The molecule has 2 aromatic rings. The van der Waals surface area contributed by atoms with E-state index in [2.05, 4.69) is 0 Å².